The van der Waals surface area contributed by atoms with Crippen molar-refractivity contribution in [2.45, 2.75) is 20.3 Å². The number of nitrogens with zero attached hydrogens (tertiary/aromatic N) is 2. The van der Waals surface area contributed by atoms with Gasteiger partial charge in [0.2, 0.25) is 5.91 Å². The van der Waals surface area contributed by atoms with Crippen molar-refractivity contribution in [1.82, 2.24) is 10.2 Å². The number of thiophene rings is 1. The van der Waals surface area contributed by atoms with Crippen molar-refractivity contribution in [2.24, 2.45) is 0 Å². The zero-order valence-electron chi connectivity index (χ0n) is 15.6. The minimum Gasteiger partial charge on any atom is -0.368 e. The van der Waals surface area contributed by atoms with E-state index in [0.29, 0.717) is 23.0 Å². The Bertz CT molecular complexity index is 828. The second-order valence-electron chi connectivity index (χ2n) is 6.60. The number of aryl methyl sites for hydroxylation is 2. The van der Waals surface area contributed by atoms with Crippen molar-refractivity contribution in [1.29, 1.82) is 0 Å². The van der Waals surface area contributed by atoms with Gasteiger partial charge >= 0.3 is 0 Å². The van der Waals surface area contributed by atoms with Gasteiger partial charge in [-0.25, -0.2) is 0 Å². The largest absolute Gasteiger partial charge is 0.368 e. The summed E-state index contributed by atoms with van der Waals surface area (Å²) in [4.78, 5) is 30.6. The third kappa shape index (κ3) is 4.82. The SMILES string of the molecule is CCc1sc(C(=O)NCC(=O)N2CCN(c3cccc(Cl)c3)CC2)cc1C. The van der Waals surface area contributed by atoms with Gasteiger partial charge < -0.3 is 15.1 Å². The first kappa shape index (κ1) is 19.7. The molecule has 7 heteroatoms. The lowest BCUT2D eigenvalue weighted by Crippen LogP contribution is -2.51. The van der Waals surface area contributed by atoms with Crippen molar-refractivity contribution >= 4 is 40.4 Å². The Morgan fingerprint density at radius 1 is 1.19 bits per heavy atom. The van der Waals surface area contributed by atoms with Gasteiger partial charge in [-0.3, -0.25) is 9.59 Å². The number of benzene rings is 1. The van der Waals surface area contributed by atoms with E-state index in [1.54, 1.807) is 4.90 Å². The molecule has 0 bridgehead atoms. The Morgan fingerprint density at radius 2 is 1.93 bits per heavy atom. The molecular formula is C20H24ClN3O2S. The number of rotatable bonds is 5. The number of carbonyl (C=O) groups excluding carboxylic acids is 2. The average molecular weight is 406 g/mol. The molecule has 0 unspecified atom stereocenters. The Labute approximate surface area is 168 Å². The predicted molar refractivity (Wildman–Crippen MR) is 111 cm³/mol. The second kappa shape index (κ2) is 8.76. The summed E-state index contributed by atoms with van der Waals surface area (Å²) < 4.78 is 0. The molecule has 2 heterocycles. The molecule has 1 saturated heterocycles. The summed E-state index contributed by atoms with van der Waals surface area (Å²) in [5.41, 5.74) is 2.21. The van der Waals surface area contributed by atoms with E-state index >= 15 is 0 Å². The lowest BCUT2D eigenvalue weighted by molar-refractivity contribution is -0.130. The van der Waals surface area contributed by atoms with E-state index < -0.39 is 0 Å². The summed E-state index contributed by atoms with van der Waals surface area (Å²) in [5.74, 6) is -0.216. The number of amides is 2. The minimum atomic E-state index is -0.172. The summed E-state index contributed by atoms with van der Waals surface area (Å²) in [6.45, 7) is 6.91. The maximum atomic E-state index is 12.4. The Kier molecular flexibility index (Phi) is 6.39. The Morgan fingerprint density at radius 3 is 2.56 bits per heavy atom. The van der Waals surface area contributed by atoms with Crippen molar-refractivity contribution in [3.05, 3.63) is 50.7 Å². The zero-order valence-corrected chi connectivity index (χ0v) is 17.2. The summed E-state index contributed by atoms with van der Waals surface area (Å²) in [5, 5.41) is 3.47. The maximum absolute atomic E-state index is 12.4. The van der Waals surface area contributed by atoms with Crippen LogP contribution in [0.2, 0.25) is 5.02 Å². The van der Waals surface area contributed by atoms with Crippen LogP contribution in [0.4, 0.5) is 5.69 Å². The first-order valence-electron chi connectivity index (χ1n) is 9.13. The number of anilines is 1. The van der Waals surface area contributed by atoms with Crippen LogP contribution in [0, 0.1) is 6.92 Å². The highest BCUT2D eigenvalue weighted by atomic mass is 35.5. The fourth-order valence-electron chi connectivity index (χ4n) is 3.22. The van der Waals surface area contributed by atoms with Gasteiger partial charge in [0.1, 0.15) is 0 Å². The second-order valence-corrected chi connectivity index (χ2v) is 8.17. The fraction of sp³-hybridized carbons (Fsp3) is 0.400. The number of hydrogen-bond acceptors (Lipinski definition) is 4. The van der Waals surface area contributed by atoms with Gasteiger partial charge in [-0.05, 0) is 43.2 Å². The van der Waals surface area contributed by atoms with Gasteiger partial charge in [-0.1, -0.05) is 24.6 Å². The number of nitrogens with one attached hydrogen (secondary N) is 1. The lowest BCUT2D eigenvalue weighted by Gasteiger charge is -2.36. The molecule has 3 rings (SSSR count). The highest BCUT2D eigenvalue weighted by Gasteiger charge is 2.22. The average Bonchev–Trinajstić information content (AvgIpc) is 3.07. The van der Waals surface area contributed by atoms with Crippen LogP contribution < -0.4 is 10.2 Å². The molecule has 2 amide bonds. The summed E-state index contributed by atoms with van der Waals surface area (Å²) in [6, 6.07) is 9.64. The molecule has 1 aliphatic rings. The van der Waals surface area contributed by atoms with Gasteiger partial charge in [0.15, 0.2) is 0 Å². The van der Waals surface area contributed by atoms with E-state index in [2.05, 4.69) is 17.1 Å². The van der Waals surface area contributed by atoms with Crippen LogP contribution in [-0.4, -0.2) is 49.4 Å². The van der Waals surface area contributed by atoms with Gasteiger partial charge in [0.05, 0.1) is 11.4 Å². The number of hydrogen-bond donors (Lipinski definition) is 1. The van der Waals surface area contributed by atoms with E-state index in [4.69, 9.17) is 11.6 Å². The van der Waals surface area contributed by atoms with Crippen molar-refractivity contribution in [3.8, 4) is 0 Å². The van der Waals surface area contributed by atoms with E-state index in [1.807, 2.05) is 37.3 Å². The molecule has 0 saturated carbocycles. The molecule has 27 heavy (non-hydrogen) atoms. The number of halogens is 1. The monoisotopic (exact) mass is 405 g/mol. The molecule has 1 aromatic heterocycles. The normalized spacial score (nSPS) is 14.3. The molecule has 0 spiro atoms. The van der Waals surface area contributed by atoms with Gasteiger partial charge in [-0.2, -0.15) is 0 Å². The molecular weight excluding hydrogens is 382 g/mol. The van der Waals surface area contributed by atoms with Gasteiger partial charge in [0.25, 0.3) is 5.91 Å². The molecule has 1 fully saturated rings. The topological polar surface area (TPSA) is 52.7 Å². The molecule has 1 N–H and O–H groups in total. The third-order valence-corrected chi connectivity index (χ3v) is 6.39. The Balaban J connectivity index is 1.48. The fourth-order valence-corrected chi connectivity index (χ4v) is 4.44. The van der Waals surface area contributed by atoms with Crippen molar-refractivity contribution in [2.75, 3.05) is 37.6 Å². The van der Waals surface area contributed by atoms with Gasteiger partial charge in [0, 0.05) is 41.8 Å². The van der Waals surface area contributed by atoms with Crippen LogP contribution in [0.1, 0.15) is 27.0 Å². The summed E-state index contributed by atoms with van der Waals surface area (Å²) in [6.07, 6.45) is 0.916. The van der Waals surface area contributed by atoms with Crippen LogP contribution in [0.3, 0.4) is 0 Å². The highest BCUT2D eigenvalue weighted by molar-refractivity contribution is 7.14. The van der Waals surface area contributed by atoms with E-state index in [0.717, 1.165) is 30.8 Å². The molecule has 1 aromatic carbocycles. The molecule has 144 valence electrons. The van der Waals surface area contributed by atoms with Gasteiger partial charge in [-0.15, -0.1) is 11.3 Å². The molecule has 1 aliphatic heterocycles. The van der Waals surface area contributed by atoms with E-state index in [-0.39, 0.29) is 18.4 Å². The number of piperazine rings is 1. The minimum absolute atomic E-state index is 0.0361. The van der Waals surface area contributed by atoms with Crippen LogP contribution >= 0.6 is 22.9 Å². The van der Waals surface area contributed by atoms with E-state index in [9.17, 15) is 9.59 Å². The first-order valence-corrected chi connectivity index (χ1v) is 10.3. The zero-order chi connectivity index (χ0) is 19.4. The highest BCUT2D eigenvalue weighted by Crippen LogP contribution is 2.22. The van der Waals surface area contributed by atoms with Crippen LogP contribution in [0.15, 0.2) is 30.3 Å². The van der Waals surface area contributed by atoms with Crippen LogP contribution in [0.25, 0.3) is 0 Å². The number of carbonyl (C=O) groups is 2. The van der Waals surface area contributed by atoms with E-state index in [1.165, 1.54) is 16.2 Å². The smallest absolute Gasteiger partial charge is 0.261 e. The predicted octanol–water partition coefficient (Wildman–Crippen LogP) is 3.35. The van der Waals surface area contributed by atoms with Crippen molar-refractivity contribution < 1.29 is 9.59 Å². The molecule has 0 aliphatic carbocycles. The molecule has 0 radical (unpaired) electrons. The summed E-state index contributed by atoms with van der Waals surface area (Å²) in [7, 11) is 0. The van der Waals surface area contributed by atoms with Crippen LogP contribution in [0.5, 0.6) is 0 Å². The van der Waals surface area contributed by atoms with Crippen LogP contribution in [-0.2, 0) is 11.2 Å². The van der Waals surface area contributed by atoms with Crippen molar-refractivity contribution in [3.63, 3.8) is 0 Å². The molecule has 0 atom stereocenters. The quantitative estimate of drug-likeness (QED) is 0.829. The molecule has 5 nitrogen and oxygen atoms in total. The summed E-state index contributed by atoms with van der Waals surface area (Å²) >= 11 is 7.55. The third-order valence-electron chi connectivity index (χ3n) is 4.77. The first-order chi connectivity index (χ1) is 13.0. The Hall–Kier alpha value is -2.05. The maximum Gasteiger partial charge on any atom is 0.261 e. The molecule has 2 aromatic rings. The lowest BCUT2D eigenvalue weighted by atomic mass is 10.2. The standard InChI is InChI=1S/C20H24ClN3O2S/c1-3-17-14(2)11-18(27-17)20(26)22-13-19(25)24-9-7-23(8-10-24)16-6-4-5-15(21)12-16/h4-6,11-12H,3,7-10,13H2,1-2H3,(H,22,26).